The molecule has 0 nitrogen and oxygen atoms in total. The maximum atomic E-state index is 2.43. The molecule has 0 saturated heterocycles. The van der Waals surface area contributed by atoms with E-state index in [4.69, 9.17) is 0 Å². The van der Waals surface area contributed by atoms with E-state index >= 15 is 0 Å². The van der Waals surface area contributed by atoms with Crippen molar-refractivity contribution in [2.24, 2.45) is 0 Å². The summed E-state index contributed by atoms with van der Waals surface area (Å²) < 4.78 is 0. The van der Waals surface area contributed by atoms with Gasteiger partial charge in [0, 0.05) is 0 Å². The minimum absolute atomic E-state index is 0.374. The maximum absolute atomic E-state index is 2.43. The topological polar surface area (TPSA) is 0 Å². The summed E-state index contributed by atoms with van der Waals surface area (Å²) in [6.07, 6.45) is 21.7. The summed E-state index contributed by atoms with van der Waals surface area (Å²) in [4.78, 5) is 0. The van der Waals surface area contributed by atoms with Crippen LogP contribution in [0.4, 0.5) is 0 Å². The van der Waals surface area contributed by atoms with Crippen LogP contribution in [0.25, 0.3) is 0 Å². The zero-order valence-electron chi connectivity index (χ0n) is 14.7. The molecule has 2 heteroatoms. The smallest absolute Gasteiger partial charge is 0.0116 e. The molecule has 2 aliphatic carbocycles. The number of rotatable bonds is 8. The van der Waals surface area contributed by atoms with E-state index in [0.717, 1.165) is 0 Å². The lowest BCUT2D eigenvalue weighted by Crippen LogP contribution is -2.18. The Balaban J connectivity index is 1.92. The lowest BCUT2D eigenvalue weighted by Gasteiger charge is -2.37. The summed E-state index contributed by atoms with van der Waals surface area (Å²) in [6, 6.07) is 0. The van der Waals surface area contributed by atoms with Crippen LogP contribution in [0, 0.1) is 0 Å². The van der Waals surface area contributed by atoms with Crippen LogP contribution in [-0.2, 0) is 0 Å². The Morgan fingerprint density at radius 1 is 0.619 bits per heavy atom. The maximum Gasteiger partial charge on any atom is -0.0116 e. The average molecular weight is 328 g/mol. The molecule has 0 amide bonds. The first kappa shape index (κ1) is 18.2. The predicted octanol–water partition coefficient (Wildman–Crippen LogP) is 7.39. The Morgan fingerprint density at radius 2 is 1.00 bits per heavy atom. The molecule has 2 aliphatic rings. The molecule has 0 aromatic rings. The molecule has 124 valence electrons. The fourth-order valence-electron chi connectivity index (χ4n) is 4.44. The Kier molecular flexibility index (Phi) is 9.19. The fraction of sp³-hybridized carbons (Fsp3) is 1.00. The highest BCUT2D eigenvalue weighted by molar-refractivity contribution is 7.75. The molecule has 0 bridgehead atoms. The van der Waals surface area contributed by atoms with Gasteiger partial charge >= 0.3 is 0 Å². The first-order valence-electron chi connectivity index (χ1n) is 9.83. The highest BCUT2D eigenvalue weighted by Gasteiger charge is 2.29. The third-order valence-electron chi connectivity index (χ3n) is 5.57. The van der Waals surface area contributed by atoms with Gasteiger partial charge in [-0.3, -0.25) is 0 Å². The molecule has 2 fully saturated rings. The molecule has 0 radical (unpaired) electrons. The molecule has 2 unspecified atom stereocenters. The van der Waals surface area contributed by atoms with Gasteiger partial charge in [0.05, 0.1) is 0 Å². The van der Waals surface area contributed by atoms with Gasteiger partial charge in [0.2, 0.25) is 0 Å². The number of hydrogen-bond acceptors (Lipinski definition) is 0. The monoisotopic (exact) mass is 328 g/mol. The van der Waals surface area contributed by atoms with Gasteiger partial charge in [0.25, 0.3) is 0 Å². The van der Waals surface area contributed by atoms with E-state index in [1.807, 2.05) is 0 Å². The highest BCUT2D eigenvalue weighted by Crippen LogP contribution is 2.60. The zero-order chi connectivity index (χ0) is 14.9. The van der Waals surface area contributed by atoms with Crippen molar-refractivity contribution in [1.29, 1.82) is 0 Å². The summed E-state index contributed by atoms with van der Waals surface area (Å²) in [5.41, 5.74) is 2.33. The van der Waals surface area contributed by atoms with E-state index in [1.54, 1.807) is 69.6 Å². The van der Waals surface area contributed by atoms with Gasteiger partial charge in [0.15, 0.2) is 0 Å². The highest BCUT2D eigenvalue weighted by atomic mass is 31.2. The summed E-state index contributed by atoms with van der Waals surface area (Å²) in [6.45, 7) is 4.86. The summed E-state index contributed by atoms with van der Waals surface area (Å²) >= 11 is 0. The Hall–Kier alpha value is 0.860. The van der Waals surface area contributed by atoms with Crippen LogP contribution in [0.1, 0.15) is 90.9 Å². The molecule has 2 rings (SSSR count). The molecule has 0 aliphatic heterocycles. The van der Waals surface area contributed by atoms with E-state index in [0.29, 0.717) is 15.8 Å². The zero-order valence-corrected chi connectivity index (χ0v) is 16.4. The van der Waals surface area contributed by atoms with Crippen molar-refractivity contribution in [3.8, 4) is 0 Å². The number of hydrogen-bond donors (Lipinski definition) is 0. The van der Waals surface area contributed by atoms with E-state index in [9.17, 15) is 0 Å². The van der Waals surface area contributed by atoms with Gasteiger partial charge in [-0.1, -0.05) is 81.1 Å². The first-order chi connectivity index (χ1) is 10.3. The van der Waals surface area contributed by atoms with Crippen molar-refractivity contribution in [3.63, 3.8) is 0 Å². The summed E-state index contributed by atoms with van der Waals surface area (Å²) in [5, 5.41) is 0. The summed E-state index contributed by atoms with van der Waals surface area (Å²) in [5.74, 6) is 1.71. The molecule has 21 heavy (non-hydrogen) atoms. The van der Waals surface area contributed by atoms with Crippen LogP contribution in [0.5, 0.6) is 0 Å². The quantitative estimate of drug-likeness (QED) is 0.407. The lowest BCUT2D eigenvalue weighted by atomic mass is 10.0. The molecule has 2 saturated carbocycles. The van der Waals surface area contributed by atoms with Gasteiger partial charge in [-0.2, -0.15) is 0 Å². The van der Waals surface area contributed by atoms with Crippen LogP contribution < -0.4 is 0 Å². The van der Waals surface area contributed by atoms with Gasteiger partial charge in [0.1, 0.15) is 0 Å². The molecule has 0 spiro atoms. The Morgan fingerprint density at radius 3 is 1.33 bits per heavy atom. The second-order valence-corrected chi connectivity index (χ2v) is 13.2. The normalized spacial score (nSPS) is 24.9. The van der Waals surface area contributed by atoms with E-state index in [2.05, 4.69) is 13.8 Å². The molecule has 0 aromatic heterocycles. The molecular weight excluding hydrogens is 290 g/mol. The van der Waals surface area contributed by atoms with Crippen molar-refractivity contribution < 1.29 is 0 Å². The van der Waals surface area contributed by atoms with E-state index < -0.39 is 0 Å². The first-order valence-corrected chi connectivity index (χ1v) is 13.4. The summed E-state index contributed by atoms with van der Waals surface area (Å²) in [7, 11) is 0.748. The second kappa shape index (κ2) is 10.6. The molecule has 2 atom stereocenters. The van der Waals surface area contributed by atoms with Crippen LogP contribution in [0.15, 0.2) is 0 Å². The minimum atomic E-state index is 0.374. The van der Waals surface area contributed by atoms with Crippen molar-refractivity contribution >= 4 is 15.8 Å². The largest absolute Gasteiger partial charge is 0.0991 e. The standard InChI is InChI=1S/C19H38P2/c1-3-15-20(18-11-7-5-8-12-18)17-21(16-4-2)19-13-9-6-10-14-19/h18-19H,3-17H2,1-2H3. The van der Waals surface area contributed by atoms with Crippen LogP contribution >= 0.6 is 15.8 Å². The van der Waals surface area contributed by atoms with Crippen LogP contribution in [0.2, 0.25) is 0 Å². The minimum Gasteiger partial charge on any atom is -0.0991 e. The molecular formula is C19H38P2. The predicted molar refractivity (Wildman–Crippen MR) is 103 cm³/mol. The van der Waals surface area contributed by atoms with Crippen molar-refractivity contribution in [1.82, 2.24) is 0 Å². The van der Waals surface area contributed by atoms with Crippen molar-refractivity contribution in [3.05, 3.63) is 0 Å². The van der Waals surface area contributed by atoms with Crippen molar-refractivity contribution in [2.45, 2.75) is 102 Å². The van der Waals surface area contributed by atoms with E-state index in [-0.39, 0.29) is 0 Å². The SMILES string of the molecule is CCCP(CP(CCC)C1CCCCC1)C1CCCCC1. The third-order valence-corrected chi connectivity index (χ3v) is 13.6. The molecule has 0 N–H and O–H groups in total. The average Bonchev–Trinajstić information content (AvgIpc) is 2.55. The van der Waals surface area contributed by atoms with Crippen LogP contribution in [-0.4, -0.2) is 29.5 Å². The fourth-order valence-corrected chi connectivity index (χ4v) is 13.4. The van der Waals surface area contributed by atoms with Crippen LogP contribution in [0.3, 0.4) is 0 Å². The molecule has 0 heterocycles. The van der Waals surface area contributed by atoms with Gasteiger partial charge in [-0.25, -0.2) is 0 Å². The van der Waals surface area contributed by atoms with Gasteiger partial charge in [-0.05, 0) is 55.2 Å². The van der Waals surface area contributed by atoms with Crippen molar-refractivity contribution in [2.75, 3.05) is 18.2 Å². The Bertz CT molecular complexity index is 228. The molecule has 0 aromatic carbocycles. The Labute approximate surface area is 136 Å². The van der Waals surface area contributed by atoms with Gasteiger partial charge < -0.3 is 0 Å². The van der Waals surface area contributed by atoms with E-state index in [1.165, 1.54) is 37.0 Å². The third kappa shape index (κ3) is 6.11. The second-order valence-electron chi connectivity index (χ2n) is 7.35. The van der Waals surface area contributed by atoms with Gasteiger partial charge in [-0.15, -0.1) is 0 Å². The lowest BCUT2D eigenvalue weighted by molar-refractivity contribution is 0.508.